The molecule has 0 saturated heterocycles. The summed E-state index contributed by atoms with van der Waals surface area (Å²) in [5.74, 6) is 0.103. The zero-order valence-electron chi connectivity index (χ0n) is 10.0. The van der Waals surface area contributed by atoms with Crippen molar-refractivity contribution in [2.75, 3.05) is 5.01 Å². The number of hydrogen-bond donors (Lipinski definition) is 0. The maximum absolute atomic E-state index is 12.0. The second-order valence-electron chi connectivity index (χ2n) is 4.90. The molecule has 3 nitrogen and oxygen atoms in total. The molecule has 2 aliphatic rings. The maximum Gasteiger partial charge on any atom is 0.253 e. The van der Waals surface area contributed by atoms with Crippen molar-refractivity contribution in [3.63, 3.8) is 0 Å². The lowest BCUT2D eigenvalue weighted by Gasteiger charge is -2.11. The number of anilines is 1. The molecule has 0 spiro atoms. The molecule has 1 heterocycles. The molecule has 1 fully saturated rings. The van der Waals surface area contributed by atoms with Crippen LogP contribution in [0.15, 0.2) is 35.4 Å². The topological polar surface area (TPSA) is 32.7 Å². The Hall–Kier alpha value is -1.64. The van der Waals surface area contributed by atoms with Gasteiger partial charge in [0, 0.05) is 5.41 Å². The van der Waals surface area contributed by atoms with Crippen molar-refractivity contribution in [1.82, 2.24) is 0 Å². The first-order valence-electron chi connectivity index (χ1n) is 6.21. The van der Waals surface area contributed by atoms with Crippen LogP contribution >= 0.6 is 0 Å². The Morgan fingerprint density at radius 2 is 2.00 bits per heavy atom. The van der Waals surface area contributed by atoms with Gasteiger partial charge >= 0.3 is 0 Å². The van der Waals surface area contributed by atoms with Crippen molar-refractivity contribution in [3.05, 3.63) is 30.3 Å². The molecule has 88 valence electrons. The van der Waals surface area contributed by atoms with Gasteiger partial charge in [0.25, 0.3) is 5.91 Å². The lowest BCUT2D eigenvalue weighted by Crippen LogP contribution is -2.19. The Morgan fingerprint density at radius 3 is 2.59 bits per heavy atom. The van der Waals surface area contributed by atoms with E-state index >= 15 is 0 Å². The van der Waals surface area contributed by atoms with E-state index in [-0.39, 0.29) is 11.3 Å². The van der Waals surface area contributed by atoms with Gasteiger partial charge in [0.05, 0.1) is 17.8 Å². The average molecular weight is 228 g/mol. The number of rotatable bonds is 3. The van der Waals surface area contributed by atoms with Crippen molar-refractivity contribution in [1.29, 1.82) is 0 Å². The molecular weight excluding hydrogens is 212 g/mol. The van der Waals surface area contributed by atoms with Crippen LogP contribution in [-0.2, 0) is 4.79 Å². The quantitative estimate of drug-likeness (QED) is 0.782. The molecule has 1 amide bonds. The minimum absolute atomic E-state index is 0.103. The van der Waals surface area contributed by atoms with E-state index in [2.05, 4.69) is 12.0 Å². The normalized spacial score (nSPS) is 21.6. The van der Waals surface area contributed by atoms with E-state index in [9.17, 15) is 4.79 Å². The van der Waals surface area contributed by atoms with E-state index in [0.717, 1.165) is 17.8 Å². The Labute approximate surface area is 101 Å². The van der Waals surface area contributed by atoms with Crippen molar-refractivity contribution in [3.8, 4) is 0 Å². The average Bonchev–Trinajstić information content (AvgIpc) is 3.08. The van der Waals surface area contributed by atoms with Gasteiger partial charge in [-0.3, -0.25) is 4.79 Å². The van der Waals surface area contributed by atoms with E-state index < -0.39 is 0 Å². The maximum atomic E-state index is 12.0. The van der Waals surface area contributed by atoms with Crippen molar-refractivity contribution in [2.45, 2.75) is 32.6 Å². The Bertz CT molecular complexity index is 474. The number of amides is 1. The van der Waals surface area contributed by atoms with E-state index in [0.29, 0.717) is 6.42 Å². The molecule has 1 aliphatic heterocycles. The molecule has 17 heavy (non-hydrogen) atoms. The molecule has 1 saturated carbocycles. The molecule has 0 atom stereocenters. The van der Waals surface area contributed by atoms with Crippen LogP contribution in [0, 0.1) is 5.41 Å². The summed E-state index contributed by atoms with van der Waals surface area (Å²) in [6.07, 6.45) is 3.99. The molecule has 1 aliphatic carbocycles. The fourth-order valence-corrected chi connectivity index (χ4v) is 2.49. The van der Waals surface area contributed by atoms with Gasteiger partial charge in [-0.1, -0.05) is 25.1 Å². The van der Waals surface area contributed by atoms with E-state index in [1.54, 1.807) is 5.01 Å². The van der Waals surface area contributed by atoms with Crippen LogP contribution in [0.2, 0.25) is 0 Å². The molecule has 1 aromatic rings. The van der Waals surface area contributed by atoms with Crippen LogP contribution < -0.4 is 5.01 Å². The smallest absolute Gasteiger partial charge is 0.253 e. The summed E-state index contributed by atoms with van der Waals surface area (Å²) in [7, 11) is 0. The lowest BCUT2D eigenvalue weighted by molar-refractivity contribution is -0.116. The highest BCUT2D eigenvalue weighted by molar-refractivity contribution is 6.15. The van der Waals surface area contributed by atoms with Gasteiger partial charge < -0.3 is 0 Å². The van der Waals surface area contributed by atoms with E-state index in [1.807, 2.05) is 30.3 Å². The molecule has 1 aromatic carbocycles. The predicted molar refractivity (Wildman–Crippen MR) is 67.9 cm³/mol. The number of hydrogen-bond acceptors (Lipinski definition) is 2. The summed E-state index contributed by atoms with van der Waals surface area (Å²) in [4.78, 5) is 12.0. The molecule has 0 radical (unpaired) electrons. The fraction of sp³-hybridized carbons (Fsp3) is 0.429. The summed E-state index contributed by atoms with van der Waals surface area (Å²) in [6.45, 7) is 2.19. The predicted octanol–water partition coefficient (Wildman–Crippen LogP) is 2.97. The van der Waals surface area contributed by atoms with Crippen LogP contribution in [0.25, 0.3) is 0 Å². The minimum Gasteiger partial charge on any atom is -0.272 e. The highest BCUT2D eigenvalue weighted by atomic mass is 16.2. The first kappa shape index (κ1) is 10.5. The number of nitrogens with zero attached hydrogens (tertiary/aromatic N) is 2. The number of carbonyl (C=O) groups is 1. The molecule has 3 heteroatoms. The number of carbonyl (C=O) groups excluding carboxylic acids is 1. The molecule has 0 aromatic heterocycles. The molecular formula is C14H16N2O. The monoisotopic (exact) mass is 228 g/mol. The van der Waals surface area contributed by atoms with Gasteiger partial charge in [-0.25, -0.2) is 5.01 Å². The van der Waals surface area contributed by atoms with Crippen molar-refractivity contribution in [2.24, 2.45) is 10.5 Å². The summed E-state index contributed by atoms with van der Waals surface area (Å²) in [6, 6.07) is 9.67. The molecule has 3 rings (SSSR count). The van der Waals surface area contributed by atoms with Crippen molar-refractivity contribution >= 4 is 17.3 Å². The van der Waals surface area contributed by atoms with E-state index in [1.165, 1.54) is 12.8 Å². The third-order valence-corrected chi connectivity index (χ3v) is 3.92. The zero-order chi connectivity index (χ0) is 11.9. The number of benzene rings is 1. The summed E-state index contributed by atoms with van der Waals surface area (Å²) < 4.78 is 0. The van der Waals surface area contributed by atoms with Crippen LogP contribution in [0.4, 0.5) is 5.69 Å². The van der Waals surface area contributed by atoms with Crippen LogP contribution in [0.3, 0.4) is 0 Å². The Morgan fingerprint density at radius 1 is 1.29 bits per heavy atom. The van der Waals surface area contributed by atoms with Gasteiger partial charge in [0.2, 0.25) is 0 Å². The number of para-hydroxylation sites is 1. The van der Waals surface area contributed by atoms with Gasteiger partial charge in [0.1, 0.15) is 0 Å². The van der Waals surface area contributed by atoms with Gasteiger partial charge in [-0.2, -0.15) is 5.10 Å². The largest absolute Gasteiger partial charge is 0.272 e. The fourth-order valence-electron chi connectivity index (χ4n) is 2.49. The molecule has 0 N–H and O–H groups in total. The first-order valence-corrected chi connectivity index (χ1v) is 6.21. The van der Waals surface area contributed by atoms with Gasteiger partial charge in [-0.05, 0) is 31.4 Å². The second-order valence-corrected chi connectivity index (χ2v) is 4.90. The third kappa shape index (κ3) is 1.66. The van der Waals surface area contributed by atoms with Gasteiger partial charge in [0.15, 0.2) is 0 Å². The standard InChI is InChI=1S/C14H16N2O/c1-2-14(8-9-14)12-10-13(17)16(15-12)11-6-4-3-5-7-11/h3-7H,2,8-10H2,1H3. The Kier molecular flexibility index (Phi) is 2.28. The third-order valence-electron chi connectivity index (χ3n) is 3.92. The highest BCUT2D eigenvalue weighted by Gasteiger charge is 2.48. The van der Waals surface area contributed by atoms with Crippen LogP contribution in [0.5, 0.6) is 0 Å². The van der Waals surface area contributed by atoms with Crippen molar-refractivity contribution < 1.29 is 4.79 Å². The SMILES string of the molecule is CCC1(C2=NN(c3ccccc3)C(=O)C2)CC1. The first-order chi connectivity index (χ1) is 8.25. The minimum atomic E-state index is 0.103. The van der Waals surface area contributed by atoms with E-state index in [4.69, 9.17) is 0 Å². The summed E-state index contributed by atoms with van der Waals surface area (Å²) in [5, 5.41) is 6.11. The Balaban J connectivity index is 1.90. The van der Waals surface area contributed by atoms with Gasteiger partial charge in [-0.15, -0.1) is 0 Å². The highest BCUT2D eigenvalue weighted by Crippen LogP contribution is 2.52. The second kappa shape index (κ2) is 3.69. The molecule has 0 unspecified atom stereocenters. The van der Waals surface area contributed by atoms with Crippen LogP contribution in [-0.4, -0.2) is 11.6 Å². The summed E-state index contributed by atoms with van der Waals surface area (Å²) >= 11 is 0. The van der Waals surface area contributed by atoms with Crippen LogP contribution in [0.1, 0.15) is 32.6 Å². The zero-order valence-corrected chi connectivity index (χ0v) is 10.0. The number of hydrazone groups is 1. The lowest BCUT2D eigenvalue weighted by atomic mass is 9.95. The summed E-state index contributed by atoms with van der Waals surface area (Å²) in [5.41, 5.74) is 2.22. The molecule has 0 bridgehead atoms.